The first-order valence-electron chi connectivity index (χ1n) is 10.2. The number of nitrogens with one attached hydrogen (secondary N) is 1. The zero-order valence-corrected chi connectivity index (χ0v) is 16.0. The van der Waals surface area contributed by atoms with Gasteiger partial charge in [0.1, 0.15) is 5.82 Å². The zero-order chi connectivity index (χ0) is 18.9. The van der Waals surface area contributed by atoms with E-state index in [9.17, 15) is 0 Å². The number of piperazine rings is 1. The highest BCUT2D eigenvalue weighted by Gasteiger charge is 2.39. The molecule has 2 aromatic heterocycles. The second-order valence-corrected chi connectivity index (χ2v) is 8.01. The van der Waals surface area contributed by atoms with Crippen LogP contribution in [0.15, 0.2) is 48.8 Å². The van der Waals surface area contributed by atoms with Crippen molar-refractivity contribution in [2.24, 2.45) is 0 Å². The van der Waals surface area contributed by atoms with E-state index in [0.717, 1.165) is 49.4 Å². The van der Waals surface area contributed by atoms with Crippen LogP contribution in [0.4, 0.5) is 5.82 Å². The summed E-state index contributed by atoms with van der Waals surface area (Å²) in [5.74, 6) is 1.12. The fourth-order valence-corrected chi connectivity index (χ4v) is 4.99. The predicted octanol–water partition coefficient (Wildman–Crippen LogP) is 3.72. The third kappa shape index (κ3) is 3.14. The molecule has 2 bridgehead atoms. The molecule has 5 heteroatoms. The molecule has 142 valence electrons. The molecule has 5 nitrogen and oxygen atoms in total. The monoisotopic (exact) mass is 371 g/mol. The summed E-state index contributed by atoms with van der Waals surface area (Å²) in [6.45, 7) is 3.33. The molecule has 0 amide bonds. The summed E-state index contributed by atoms with van der Waals surface area (Å²) in [6, 6.07) is 15.6. The van der Waals surface area contributed by atoms with Crippen LogP contribution in [0, 0.1) is 11.3 Å². The number of aromatic amines is 1. The lowest BCUT2D eigenvalue weighted by molar-refractivity contribution is 0.167. The van der Waals surface area contributed by atoms with Crippen molar-refractivity contribution in [3.05, 3.63) is 59.9 Å². The Kier molecular flexibility index (Phi) is 4.50. The topological polar surface area (TPSA) is 59.0 Å². The van der Waals surface area contributed by atoms with Crippen LogP contribution < -0.4 is 4.90 Å². The second-order valence-electron chi connectivity index (χ2n) is 8.01. The number of hydrogen-bond acceptors (Lipinski definition) is 4. The maximum atomic E-state index is 9.17. The van der Waals surface area contributed by atoms with Crippen LogP contribution in [0.3, 0.4) is 0 Å². The molecule has 2 saturated heterocycles. The summed E-state index contributed by atoms with van der Waals surface area (Å²) in [5.41, 5.74) is 3.18. The van der Waals surface area contributed by atoms with Crippen LogP contribution >= 0.6 is 0 Å². The molecule has 1 aromatic carbocycles. The van der Waals surface area contributed by atoms with E-state index >= 15 is 0 Å². The molecule has 28 heavy (non-hydrogen) atoms. The fraction of sp³-hybridized carbons (Fsp3) is 0.391. The third-order valence-electron chi connectivity index (χ3n) is 6.37. The van der Waals surface area contributed by atoms with Crippen LogP contribution in [0.1, 0.15) is 30.4 Å². The van der Waals surface area contributed by atoms with Crippen molar-refractivity contribution in [1.82, 2.24) is 14.9 Å². The van der Waals surface area contributed by atoms with Crippen LogP contribution in [0.25, 0.3) is 10.9 Å². The summed E-state index contributed by atoms with van der Waals surface area (Å²) >= 11 is 0. The van der Waals surface area contributed by atoms with Gasteiger partial charge in [0.25, 0.3) is 0 Å². The van der Waals surface area contributed by atoms with Crippen LogP contribution in [-0.2, 0) is 6.42 Å². The Labute approximate surface area is 165 Å². The van der Waals surface area contributed by atoms with Crippen molar-refractivity contribution in [3.63, 3.8) is 0 Å². The fourth-order valence-electron chi connectivity index (χ4n) is 4.99. The summed E-state index contributed by atoms with van der Waals surface area (Å²) in [5, 5.41) is 10.4. The van der Waals surface area contributed by atoms with Gasteiger partial charge in [0, 0.05) is 48.5 Å². The molecular weight excluding hydrogens is 346 g/mol. The van der Waals surface area contributed by atoms with E-state index in [0.29, 0.717) is 12.1 Å². The molecule has 0 radical (unpaired) electrons. The average molecular weight is 371 g/mol. The first-order chi connectivity index (χ1) is 13.8. The minimum atomic E-state index is 0.647. The number of nitrogens with zero attached hydrogens (tertiary/aromatic N) is 4. The van der Waals surface area contributed by atoms with Crippen molar-refractivity contribution >= 4 is 16.7 Å². The van der Waals surface area contributed by atoms with E-state index in [1.807, 2.05) is 30.5 Å². The second kappa shape index (κ2) is 7.29. The van der Waals surface area contributed by atoms with Gasteiger partial charge in [-0.25, -0.2) is 4.98 Å². The van der Waals surface area contributed by atoms with Gasteiger partial charge in [-0.3, -0.25) is 4.90 Å². The van der Waals surface area contributed by atoms with Gasteiger partial charge in [-0.1, -0.05) is 6.07 Å². The third-order valence-corrected chi connectivity index (χ3v) is 6.37. The number of aromatic nitrogens is 2. The van der Waals surface area contributed by atoms with Crippen molar-refractivity contribution < 1.29 is 0 Å². The number of H-pyrrole nitrogens is 1. The Balaban J connectivity index is 1.22. The van der Waals surface area contributed by atoms with E-state index in [2.05, 4.69) is 44.2 Å². The lowest BCUT2D eigenvalue weighted by atomic mass is 10.1. The molecular formula is C23H25N5. The molecule has 0 spiro atoms. The molecule has 3 aromatic rings. The van der Waals surface area contributed by atoms with Gasteiger partial charge in [0.05, 0.1) is 11.6 Å². The van der Waals surface area contributed by atoms with Gasteiger partial charge in [-0.2, -0.15) is 5.26 Å². The lowest BCUT2D eigenvalue weighted by Gasteiger charge is -2.41. The highest BCUT2D eigenvalue weighted by atomic mass is 15.3. The normalized spacial score (nSPS) is 21.9. The average Bonchev–Trinajstić information content (AvgIpc) is 3.24. The number of anilines is 1. The van der Waals surface area contributed by atoms with Crippen molar-refractivity contribution in [1.29, 1.82) is 5.26 Å². The summed E-state index contributed by atoms with van der Waals surface area (Å²) < 4.78 is 0. The predicted molar refractivity (Wildman–Crippen MR) is 111 cm³/mol. The molecule has 2 fully saturated rings. The number of rotatable bonds is 5. The molecule has 1 N–H and O–H groups in total. The van der Waals surface area contributed by atoms with E-state index in [1.165, 1.54) is 23.8 Å². The van der Waals surface area contributed by atoms with E-state index < -0.39 is 0 Å². The largest absolute Gasteiger partial charge is 0.361 e. The summed E-state index contributed by atoms with van der Waals surface area (Å²) in [6.07, 6.45) is 8.80. The molecule has 0 aliphatic carbocycles. The number of fused-ring (bicyclic) bond motifs is 3. The molecule has 4 heterocycles. The first kappa shape index (κ1) is 17.3. The maximum Gasteiger partial charge on any atom is 0.128 e. The molecule has 5 rings (SSSR count). The lowest BCUT2D eigenvalue weighted by Crippen LogP contribution is -2.54. The minimum Gasteiger partial charge on any atom is -0.361 e. The van der Waals surface area contributed by atoms with Gasteiger partial charge in [0.15, 0.2) is 0 Å². The van der Waals surface area contributed by atoms with E-state index in [1.54, 1.807) is 0 Å². The van der Waals surface area contributed by atoms with Gasteiger partial charge in [-0.15, -0.1) is 0 Å². The Morgan fingerprint density at radius 3 is 2.75 bits per heavy atom. The molecule has 2 aliphatic heterocycles. The van der Waals surface area contributed by atoms with Crippen LogP contribution in [-0.4, -0.2) is 46.6 Å². The molecule has 2 unspecified atom stereocenters. The zero-order valence-electron chi connectivity index (χ0n) is 16.0. The molecule has 2 aliphatic rings. The van der Waals surface area contributed by atoms with Gasteiger partial charge in [0.2, 0.25) is 0 Å². The van der Waals surface area contributed by atoms with Crippen molar-refractivity contribution in [2.75, 3.05) is 24.5 Å². The highest BCUT2D eigenvalue weighted by Crippen LogP contribution is 2.32. The van der Waals surface area contributed by atoms with Gasteiger partial charge >= 0.3 is 0 Å². The maximum absolute atomic E-state index is 9.17. The van der Waals surface area contributed by atoms with E-state index in [4.69, 9.17) is 5.26 Å². The van der Waals surface area contributed by atoms with E-state index in [-0.39, 0.29) is 0 Å². The van der Waals surface area contributed by atoms with Gasteiger partial charge in [-0.05, 0) is 68.1 Å². The Morgan fingerprint density at radius 1 is 1.14 bits per heavy atom. The van der Waals surface area contributed by atoms with Crippen LogP contribution in [0.5, 0.6) is 0 Å². The summed E-state index contributed by atoms with van der Waals surface area (Å²) in [7, 11) is 0. The number of nitriles is 1. The van der Waals surface area contributed by atoms with Crippen LogP contribution in [0.2, 0.25) is 0 Å². The summed E-state index contributed by atoms with van der Waals surface area (Å²) in [4.78, 5) is 13.1. The minimum absolute atomic E-state index is 0.647. The SMILES string of the molecule is N#Cc1ccc2[nH]cc(CCCN3C4CCC3CN(c3ccccn3)C4)c2c1. The standard InChI is InChI=1S/C23H25N5/c24-13-17-6-9-22-21(12-17)18(14-26-22)4-3-11-28-19-7-8-20(28)16-27(15-19)23-5-1-2-10-25-23/h1-2,5-6,9-10,12,14,19-20,26H,3-4,7-8,11,15-16H2. The Bertz CT molecular complexity index is 989. The number of hydrogen-bond donors (Lipinski definition) is 1. The quantitative estimate of drug-likeness (QED) is 0.743. The van der Waals surface area contributed by atoms with Crippen molar-refractivity contribution in [2.45, 2.75) is 37.8 Å². The molecule has 0 saturated carbocycles. The first-order valence-corrected chi connectivity index (χ1v) is 10.2. The number of pyridine rings is 1. The number of aryl methyl sites for hydroxylation is 1. The number of benzene rings is 1. The molecule has 2 atom stereocenters. The van der Waals surface area contributed by atoms with Crippen molar-refractivity contribution in [3.8, 4) is 6.07 Å². The van der Waals surface area contributed by atoms with Gasteiger partial charge < -0.3 is 9.88 Å². The smallest absolute Gasteiger partial charge is 0.128 e. The highest BCUT2D eigenvalue weighted by molar-refractivity contribution is 5.84. The Hall–Kier alpha value is -2.84. The Morgan fingerprint density at radius 2 is 2.00 bits per heavy atom.